The predicted octanol–water partition coefficient (Wildman–Crippen LogP) is 0.558. The Hall–Kier alpha value is -1.36. The molecule has 0 saturated heterocycles. The molecular formula is C10H17NO4. The molecule has 0 aromatic heterocycles. The molecule has 0 heterocycles. The standard InChI is InChI=1S/C10H17NO4/c1-7(5-8(12)13)6-15-10(2,3)9(14)11-4/h5H,6H2,1-4H3,(H,11,14)(H,12,13). The second-order valence-corrected chi connectivity index (χ2v) is 3.71. The molecule has 0 aliphatic carbocycles. The maximum atomic E-state index is 11.3. The molecular weight excluding hydrogens is 198 g/mol. The lowest BCUT2D eigenvalue weighted by Crippen LogP contribution is -2.42. The number of nitrogens with one attached hydrogen (secondary N) is 1. The lowest BCUT2D eigenvalue weighted by Gasteiger charge is -2.23. The molecule has 0 aromatic rings. The number of carbonyl (C=O) groups is 2. The van der Waals surface area contributed by atoms with Gasteiger partial charge in [0.2, 0.25) is 0 Å². The zero-order valence-electron chi connectivity index (χ0n) is 9.46. The van der Waals surface area contributed by atoms with Crippen LogP contribution in [-0.2, 0) is 14.3 Å². The van der Waals surface area contributed by atoms with E-state index < -0.39 is 11.6 Å². The van der Waals surface area contributed by atoms with Crippen LogP contribution < -0.4 is 5.32 Å². The second-order valence-electron chi connectivity index (χ2n) is 3.71. The van der Waals surface area contributed by atoms with Crippen molar-refractivity contribution in [3.63, 3.8) is 0 Å². The maximum Gasteiger partial charge on any atom is 0.328 e. The van der Waals surface area contributed by atoms with Crippen LogP contribution in [0.2, 0.25) is 0 Å². The van der Waals surface area contributed by atoms with E-state index >= 15 is 0 Å². The van der Waals surface area contributed by atoms with E-state index in [0.717, 1.165) is 6.08 Å². The van der Waals surface area contributed by atoms with Crippen molar-refractivity contribution in [1.29, 1.82) is 0 Å². The number of rotatable bonds is 5. The fraction of sp³-hybridized carbons (Fsp3) is 0.600. The molecule has 0 radical (unpaired) electrons. The smallest absolute Gasteiger partial charge is 0.328 e. The normalized spacial score (nSPS) is 12.4. The molecule has 86 valence electrons. The summed E-state index contributed by atoms with van der Waals surface area (Å²) < 4.78 is 5.30. The summed E-state index contributed by atoms with van der Waals surface area (Å²) in [7, 11) is 1.52. The van der Waals surface area contributed by atoms with Crippen LogP contribution in [0.25, 0.3) is 0 Å². The lowest BCUT2D eigenvalue weighted by atomic mass is 10.1. The highest BCUT2D eigenvalue weighted by Gasteiger charge is 2.27. The Labute approximate surface area is 89.1 Å². The highest BCUT2D eigenvalue weighted by atomic mass is 16.5. The van der Waals surface area contributed by atoms with Gasteiger partial charge >= 0.3 is 5.97 Å². The summed E-state index contributed by atoms with van der Waals surface area (Å²) >= 11 is 0. The summed E-state index contributed by atoms with van der Waals surface area (Å²) in [4.78, 5) is 21.6. The van der Waals surface area contributed by atoms with Gasteiger partial charge in [0, 0.05) is 13.1 Å². The molecule has 0 saturated carbocycles. The van der Waals surface area contributed by atoms with Crippen LogP contribution in [0.3, 0.4) is 0 Å². The minimum absolute atomic E-state index is 0.118. The minimum atomic E-state index is -1.02. The van der Waals surface area contributed by atoms with Crippen molar-refractivity contribution in [1.82, 2.24) is 5.32 Å². The van der Waals surface area contributed by atoms with Gasteiger partial charge in [-0.3, -0.25) is 4.79 Å². The third kappa shape index (κ3) is 5.17. The van der Waals surface area contributed by atoms with Gasteiger partial charge < -0.3 is 15.2 Å². The number of hydrogen-bond donors (Lipinski definition) is 2. The second kappa shape index (κ2) is 5.50. The number of hydrogen-bond acceptors (Lipinski definition) is 3. The van der Waals surface area contributed by atoms with Crippen molar-refractivity contribution < 1.29 is 19.4 Å². The van der Waals surface area contributed by atoms with Crippen LogP contribution in [0.4, 0.5) is 0 Å². The van der Waals surface area contributed by atoms with E-state index in [4.69, 9.17) is 9.84 Å². The number of carbonyl (C=O) groups excluding carboxylic acids is 1. The van der Waals surface area contributed by atoms with E-state index in [9.17, 15) is 9.59 Å². The summed E-state index contributed by atoms with van der Waals surface area (Å²) in [5.74, 6) is -1.26. The van der Waals surface area contributed by atoms with Gasteiger partial charge in [-0.25, -0.2) is 4.79 Å². The van der Waals surface area contributed by atoms with E-state index in [1.807, 2.05) is 0 Å². The summed E-state index contributed by atoms with van der Waals surface area (Å²) in [5, 5.41) is 10.9. The average Bonchev–Trinajstić information content (AvgIpc) is 2.12. The molecule has 0 spiro atoms. The topological polar surface area (TPSA) is 75.6 Å². The van der Waals surface area contributed by atoms with Gasteiger partial charge in [-0.2, -0.15) is 0 Å². The number of ether oxygens (including phenoxy) is 1. The maximum absolute atomic E-state index is 11.3. The number of carboxylic acids is 1. The molecule has 2 N–H and O–H groups in total. The van der Waals surface area contributed by atoms with Gasteiger partial charge in [-0.05, 0) is 26.3 Å². The fourth-order valence-electron chi connectivity index (χ4n) is 0.913. The Balaban J connectivity index is 4.26. The van der Waals surface area contributed by atoms with Crippen LogP contribution in [0.1, 0.15) is 20.8 Å². The molecule has 0 unspecified atom stereocenters. The Kier molecular flexibility index (Phi) is 5.00. The summed E-state index contributed by atoms with van der Waals surface area (Å²) in [6, 6.07) is 0. The molecule has 5 nitrogen and oxygen atoms in total. The van der Waals surface area contributed by atoms with Crippen LogP contribution in [0.5, 0.6) is 0 Å². The molecule has 0 aliphatic heterocycles. The van der Waals surface area contributed by atoms with Gasteiger partial charge in [0.05, 0.1) is 6.61 Å². The van der Waals surface area contributed by atoms with Crippen molar-refractivity contribution in [2.45, 2.75) is 26.4 Å². The molecule has 0 aromatic carbocycles. The SMILES string of the molecule is CNC(=O)C(C)(C)OCC(C)=CC(=O)O. The first kappa shape index (κ1) is 13.6. The van der Waals surface area contributed by atoms with Gasteiger partial charge in [-0.15, -0.1) is 0 Å². The number of carboxylic acid groups (broad SMARTS) is 1. The van der Waals surface area contributed by atoms with Crippen molar-refractivity contribution >= 4 is 11.9 Å². The van der Waals surface area contributed by atoms with Crippen LogP contribution in [-0.4, -0.2) is 36.2 Å². The van der Waals surface area contributed by atoms with Gasteiger partial charge in [-0.1, -0.05) is 0 Å². The fourth-order valence-corrected chi connectivity index (χ4v) is 0.913. The zero-order chi connectivity index (χ0) is 12.1. The van der Waals surface area contributed by atoms with Crippen LogP contribution >= 0.6 is 0 Å². The monoisotopic (exact) mass is 215 g/mol. The van der Waals surface area contributed by atoms with E-state index in [1.165, 1.54) is 7.05 Å². The van der Waals surface area contributed by atoms with E-state index in [0.29, 0.717) is 5.57 Å². The molecule has 15 heavy (non-hydrogen) atoms. The summed E-state index contributed by atoms with van der Waals surface area (Å²) in [5.41, 5.74) is -0.401. The quantitative estimate of drug-likeness (QED) is 0.657. The third-order valence-corrected chi connectivity index (χ3v) is 1.80. The Bertz CT molecular complexity index is 281. The Morgan fingerprint density at radius 3 is 2.40 bits per heavy atom. The summed E-state index contributed by atoms with van der Waals surface area (Å²) in [6.45, 7) is 5.00. The van der Waals surface area contributed by atoms with E-state index in [2.05, 4.69) is 5.32 Å². The molecule has 0 aliphatic rings. The first-order chi connectivity index (χ1) is 6.79. The zero-order valence-corrected chi connectivity index (χ0v) is 9.46. The molecule has 0 fully saturated rings. The van der Waals surface area contributed by atoms with Crippen molar-refractivity contribution in [2.75, 3.05) is 13.7 Å². The average molecular weight is 215 g/mol. The third-order valence-electron chi connectivity index (χ3n) is 1.80. The predicted molar refractivity (Wildman–Crippen MR) is 55.5 cm³/mol. The van der Waals surface area contributed by atoms with Crippen LogP contribution in [0.15, 0.2) is 11.6 Å². The number of amides is 1. The minimum Gasteiger partial charge on any atom is -0.478 e. The highest BCUT2D eigenvalue weighted by Crippen LogP contribution is 2.10. The molecule has 1 amide bonds. The molecule has 0 atom stereocenters. The Morgan fingerprint density at radius 2 is 2.00 bits per heavy atom. The number of likely N-dealkylation sites (N-methyl/N-ethyl adjacent to an activating group) is 1. The van der Waals surface area contributed by atoms with Gasteiger partial charge in [0.1, 0.15) is 5.60 Å². The lowest BCUT2D eigenvalue weighted by molar-refractivity contribution is -0.141. The molecule has 5 heteroatoms. The van der Waals surface area contributed by atoms with E-state index in [1.54, 1.807) is 20.8 Å². The van der Waals surface area contributed by atoms with E-state index in [-0.39, 0.29) is 12.5 Å². The van der Waals surface area contributed by atoms with Crippen molar-refractivity contribution in [3.8, 4) is 0 Å². The van der Waals surface area contributed by atoms with Gasteiger partial charge in [0.25, 0.3) is 5.91 Å². The summed E-state index contributed by atoms with van der Waals surface area (Å²) in [6.07, 6.45) is 1.06. The van der Waals surface area contributed by atoms with Crippen LogP contribution in [0, 0.1) is 0 Å². The van der Waals surface area contributed by atoms with Crippen molar-refractivity contribution in [2.24, 2.45) is 0 Å². The molecule has 0 rings (SSSR count). The largest absolute Gasteiger partial charge is 0.478 e. The first-order valence-electron chi connectivity index (χ1n) is 4.56. The highest BCUT2D eigenvalue weighted by molar-refractivity contribution is 5.84. The Morgan fingerprint density at radius 1 is 1.47 bits per heavy atom. The van der Waals surface area contributed by atoms with Crippen molar-refractivity contribution in [3.05, 3.63) is 11.6 Å². The van der Waals surface area contributed by atoms with Gasteiger partial charge in [0.15, 0.2) is 0 Å². The molecule has 0 bridgehead atoms. The first-order valence-corrected chi connectivity index (χ1v) is 4.56. The number of aliphatic carboxylic acids is 1.